The highest BCUT2D eigenvalue weighted by Crippen LogP contribution is 2.22. The van der Waals surface area contributed by atoms with E-state index in [1.165, 1.54) is 6.26 Å². The predicted molar refractivity (Wildman–Crippen MR) is 80.2 cm³/mol. The van der Waals surface area contributed by atoms with E-state index in [1.54, 1.807) is 24.3 Å². The minimum absolute atomic E-state index is 0.0171. The molecule has 1 aromatic carbocycles. The molecule has 1 rings (SSSR count). The Balaban J connectivity index is 2.94. The zero-order valence-corrected chi connectivity index (χ0v) is 13.5. The molecule has 1 N–H and O–H groups in total. The minimum atomic E-state index is -3.19. The van der Waals surface area contributed by atoms with Gasteiger partial charge in [-0.25, -0.2) is 8.42 Å². The third kappa shape index (κ3) is 4.34. The number of nitrogens with one attached hydrogen (secondary N) is 1. The fourth-order valence-electron chi connectivity index (χ4n) is 1.74. The Morgan fingerprint density at radius 2 is 1.70 bits per heavy atom. The standard InChI is InChI=1S/C15H23NO3S/c1-6-13(16-14(17)15(2,3)4)11-7-9-12(10-8-11)20(5,18)19/h7-10,13H,6H2,1-5H3,(H,16,17)/t13-/m1/s1. The van der Waals surface area contributed by atoms with Gasteiger partial charge in [0.25, 0.3) is 0 Å². The summed E-state index contributed by atoms with van der Waals surface area (Å²) in [6.07, 6.45) is 1.93. The van der Waals surface area contributed by atoms with Gasteiger partial charge in [0.1, 0.15) is 0 Å². The first-order valence-corrected chi connectivity index (χ1v) is 8.56. The average molecular weight is 297 g/mol. The molecule has 0 saturated carbocycles. The van der Waals surface area contributed by atoms with Crippen molar-refractivity contribution < 1.29 is 13.2 Å². The zero-order valence-electron chi connectivity index (χ0n) is 12.7. The van der Waals surface area contributed by atoms with Gasteiger partial charge in [-0.2, -0.15) is 0 Å². The van der Waals surface area contributed by atoms with Gasteiger partial charge < -0.3 is 5.32 Å². The number of carbonyl (C=O) groups is 1. The zero-order chi connectivity index (χ0) is 15.6. The van der Waals surface area contributed by atoms with Crippen LogP contribution in [0.2, 0.25) is 0 Å². The molecule has 0 saturated heterocycles. The molecular formula is C15H23NO3S. The van der Waals surface area contributed by atoms with Crippen molar-refractivity contribution in [3.05, 3.63) is 29.8 Å². The molecule has 0 unspecified atom stereocenters. The highest BCUT2D eigenvalue weighted by molar-refractivity contribution is 7.90. The van der Waals surface area contributed by atoms with E-state index in [1.807, 2.05) is 27.7 Å². The summed E-state index contributed by atoms with van der Waals surface area (Å²) >= 11 is 0. The number of amides is 1. The third-order valence-electron chi connectivity index (χ3n) is 3.11. The molecule has 0 heterocycles. The Kier molecular flexibility index (Phi) is 4.97. The largest absolute Gasteiger partial charge is 0.349 e. The third-order valence-corrected chi connectivity index (χ3v) is 4.23. The monoisotopic (exact) mass is 297 g/mol. The van der Waals surface area contributed by atoms with Gasteiger partial charge in [0, 0.05) is 11.7 Å². The molecule has 0 bridgehead atoms. The fourth-order valence-corrected chi connectivity index (χ4v) is 2.37. The molecule has 1 atom stereocenters. The minimum Gasteiger partial charge on any atom is -0.349 e. The smallest absolute Gasteiger partial charge is 0.225 e. The molecule has 4 nitrogen and oxygen atoms in total. The number of sulfone groups is 1. The SMILES string of the molecule is CC[C@@H](NC(=O)C(C)(C)C)c1ccc(S(C)(=O)=O)cc1. The van der Waals surface area contributed by atoms with Crippen LogP contribution < -0.4 is 5.32 Å². The van der Waals surface area contributed by atoms with E-state index < -0.39 is 15.3 Å². The first kappa shape index (κ1) is 16.7. The summed E-state index contributed by atoms with van der Waals surface area (Å²) in [5, 5.41) is 2.99. The van der Waals surface area contributed by atoms with E-state index in [9.17, 15) is 13.2 Å². The van der Waals surface area contributed by atoms with Gasteiger partial charge in [0.15, 0.2) is 9.84 Å². The Hall–Kier alpha value is -1.36. The second-order valence-electron chi connectivity index (χ2n) is 6.03. The van der Waals surface area contributed by atoms with E-state index in [2.05, 4.69) is 5.32 Å². The van der Waals surface area contributed by atoms with E-state index in [-0.39, 0.29) is 11.9 Å². The summed E-state index contributed by atoms with van der Waals surface area (Å²) in [4.78, 5) is 12.3. The van der Waals surface area contributed by atoms with E-state index in [0.717, 1.165) is 12.0 Å². The topological polar surface area (TPSA) is 63.2 Å². The molecule has 5 heteroatoms. The first-order chi connectivity index (χ1) is 9.05. The van der Waals surface area contributed by atoms with Crippen LogP contribution >= 0.6 is 0 Å². The van der Waals surface area contributed by atoms with Crippen molar-refractivity contribution in [3.63, 3.8) is 0 Å². The van der Waals surface area contributed by atoms with Crippen molar-refractivity contribution in [2.75, 3.05) is 6.26 Å². The summed E-state index contributed by atoms with van der Waals surface area (Å²) in [5.41, 5.74) is 0.470. The van der Waals surface area contributed by atoms with Crippen LogP contribution in [0.5, 0.6) is 0 Å². The molecule has 0 radical (unpaired) electrons. The van der Waals surface area contributed by atoms with Crippen LogP contribution in [-0.4, -0.2) is 20.6 Å². The average Bonchev–Trinajstić information content (AvgIpc) is 2.33. The van der Waals surface area contributed by atoms with Crippen molar-refractivity contribution in [2.45, 2.75) is 45.1 Å². The Bertz CT molecular complexity index is 568. The van der Waals surface area contributed by atoms with E-state index in [4.69, 9.17) is 0 Å². The maximum Gasteiger partial charge on any atom is 0.225 e. The number of hydrogen-bond acceptors (Lipinski definition) is 3. The highest BCUT2D eigenvalue weighted by Gasteiger charge is 2.24. The first-order valence-electron chi connectivity index (χ1n) is 6.66. The molecular weight excluding hydrogens is 274 g/mol. The molecule has 0 spiro atoms. The molecule has 20 heavy (non-hydrogen) atoms. The second-order valence-corrected chi connectivity index (χ2v) is 8.04. The van der Waals surface area contributed by atoms with Gasteiger partial charge >= 0.3 is 0 Å². The molecule has 112 valence electrons. The lowest BCUT2D eigenvalue weighted by molar-refractivity contribution is -0.129. The van der Waals surface area contributed by atoms with Gasteiger partial charge in [0.2, 0.25) is 5.91 Å². The Morgan fingerprint density at radius 3 is 2.05 bits per heavy atom. The molecule has 0 aliphatic carbocycles. The summed E-state index contributed by atoms with van der Waals surface area (Å²) in [7, 11) is -3.19. The van der Waals surface area contributed by atoms with Gasteiger partial charge in [-0.3, -0.25) is 4.79 Å². The van der Waals surface area contributed by atoms with Crippen molar-refractivity contribution in [2.24, 2.45) is 5.41 Å². The van der Waals surface area contributed by atoms with Crippen LogP contribution in [0.3, 0.4) is 0 Å². The fraction of sp³-hybridized carbons (Fsp3) is 0.533. The van der Waals surface area contributed by atoms with Crippen molar-refractivity contribution in [3.8, 4) is 0 Å². The molecule has 1 amide bonds. The number of rotatable bonds is 4. The summed E-state index contributed by atoms with van der Waals surface area (Å²) in [6.45, 7) is 7.57. The van der Waals surface area contributed by atoms with Crippen molar-refractivity contribution in [1.82, 2.24) is 5.32 Å². The molecule has 1 aromatic rings. The normalized spacial score (nSPS) is 13.8. The van der Waals surface area contributed by atoms with Crippen molar-refractivity contribution in [1.29, 1.82) is 0 Å². The van der Waals surface area contributed by atoms with Crippen LogP contribution in [0, 0.1) is 5.41 Å². The lowest BCUT2D eigenvalue weighted by atomic mass is 9.94. The summed E-state index contributed by atoms with van der Waals surface area (Å²) < 4.78 is 22.8. The van der Waals surface area contributed by atoms with Crippen LogP contribution in [-0.2, 0) is 14.6 Å². The molecule has 0 aliphatic heterocycles. The maximum absolute atomic E-state index is 12.0. The van der Waals surface area contributed by atoms with Gasteiger partial charge in [-0.15, -0.1) is 0 Å². The second kappa shape index (κ2) is 5.95. The quantitative estimate of drug-likeness (QED) is 0.929. The lowest BCUT2D eigenvalue weighted by Gasteiger charge is -2.24. The van der Waals surface area contributed by atoms with Crippen LogP contribution in [0.4, 0.5) is 0 Å². The van der Waals surface area contributed by atoms with Crippen molar-refractivity contribution >= 4 is 15.7 Å². The van der Waals surface area contributed by atoms with E-state index in [0.29, 0.717) is 4.90 Å². The van der Waals surface area contributed by atoms with Gasteiger partial charge in [-0.05, 0) is 24.1 Å². The Morgan fingerprint density at radius 1 is 1.20 bits per heavy atom. The van der Waals surface area contributed by atoms with E-state index >= 15 is 0 Å². The van der Waals surface area contributed by atoms with Gasteiger partial charge in [0.05, 0.1) is 10.9 Å². The number of hydrogen-bond donors (Lipinski definition) is 1. The summed E-state index contributed by atoms with van der Waals surface area (Å²) in [5.74, 6) is -0.0171. The number of benzene rings is 1. The molecule has 0 aliphatic rings. The summed E-state index contributed by atoms with van der Waals surface area (Å²) in [6, 6.07) is 6.57. The molecule has 0 fully saturated rings. The maximum atomic E-state index is 12.0. The Labute approximate surface area is 121 Å². The highest BCUT2D eigenvalue weighted by atomic mass is 32.2. The van der Waals surface area contributed by atoms with Gasteiger partial charge in [-0.1, -0.05) is 39.8 Å². The lowest BCUT2D eigenvalue weighted by Crippen LogP contribution is -2.37. The van der Waals surface area contributed by atoms with Crippen LogP contribution in [0.25, 0.3) is 0 Å². The van der Waals surface area contributed by atoms with Crippen LogP contribution in [0.1, 0.15) is 45.7 Å². The predicted octanol–water partition coefficient (Wildman–Crippen LogP) is 2.70. The number of carbonyl (C=O) groups excluding carboxylic acids is 1. The van der Waals surface area contributed by atoms with Crippen LogP contribution in [0.15, 0.2) is 29.2 Å². The molecule has 0 aromatic heterocycles.